The molecule has 7 heteroatoms. The smallest absolute Gasteiger partial charge is 0.510 e. The molecule has 0 amide bonds. The number of pyridine rings is 2. The molecule has 6 aromatic rings. The van der Waals surface area contributed by atoms with Crippen LogP contribution in [-0.2, 0) is 42.2 Å². The van der Waals surface area contributed by atoms with Gasteiger partial charge in [-0.3, -0.25) is 4.99 Å². The Morgan fingerprint density at radius 3 is 2.29 bits per heavy atom. The van der Waals surface area contributed by atoms with E-state index in [0.717, 1.165) is 39.2 Å². The zero-order chi connectivity index (χ0) is 36.4. The van der Waals surface area contributed by atoms with E-state index < -0.39 is 11.1 Å². The van der Waals surface area contributed by atoms with Crippen LogP contribution in [0, 0.1) is 46.8 Å². The molecule has 4 heterocycles. The quantitative estimate of drug-likeness (QED) is 0.166. The first kappa shape index (κ1) is 36.1. The van der Waals surface area contributed by atoms with E-state index in [1.54, 1.807) is 0 Å². The molecule has 2 atom stereocenters. The Labute approximate surface area is 322 Å². The van der Waals surface area contributed by atoms with Crippen LogP contribution in [0.25, 0.3) is 27.6 Å². The number of benzene rings is 3. The molecule has 1 aliphatic heterocycles. The van der Waals surface area contributed by atoms with Gasteiger partial charge in [-0.05, 0) is 91.0 Å². The number of nitrogens with zero attached hydrogens (tertiary/aromatic N) is 4. The molecule has 0 bridgehead atoms. The van der Waals surface area contributed by atoms with E-state index in [-0.39, 0.29) is 31.9 Å². The van der Waals surface area contributed by atoms with Crippen molar-refractivity contribution in [3.63, 3.8) is 0 Å². The van der Waals surface area contributed by atoms with Crippen molar-refractivity contribution in [1.29, 1.82) is 0 Å². The summed E-state index contributed by atoms with van der Waals surface area (Å²) in [7, 11) is 0. The average molecular weight is 870 g/mol. The van der Waals surface area contributed by atoms with E-state index in [1.165, 1.54) is 33.2 Å². The van der Waals surface area contributed by atoms with Gasteiger partial charge < -0.3 is 19.0 Å². The number of aromatic nitrogens is 3. The van der Waals surface area contributed by atoms with Crippen LogP contribution >= 0.6 is 0 Å². The third-order valence-corrected chi connectivity index (χ3v) is 11.7. The molecule has 268 valence electrons. The van der Waals surface area contributed by atoms with E-state index in [1.807, 2.05) is 32.2 Å². The Bertz CT molecular complexity index is 2490. The minimum absolute atomic E-state index is 0. The molecule has 6 nitrogen and oxygen atoms in total. The van der Waals surface area contributed by atoms with E-state index in [4.69, 9.17) is 24.4 Å². The summed E-state index contributed by atoms with van der Waals surface area (Å²) < 4.78 is 15.8. The predicted molar refractivity (Wildman–Crippen MR) is 206 cm³/mol. The molecule has 0 saturated heterocycles. The second kappa shape index (κ2) is 11.9. The fraction of sp³-hybridized carbons (Fsp3) is 0.356. The fourth-order valence-corrected chi connectivity index (χ4v) is 8.67. The number of aryl methyl sites for hydroxylation is 5. The molecule has 1 aliphatic carbocycles. The van der Waals surface area contributed by atoms with Gasteiger partial charge in [0, 0.05) is 28.1 Å². The Kier molecular flexibility index (Phi) is 8.24. The van der Waals surface area contributed by atoms with Gasteiger partial charge in [0.2, 0.25) is 0 Å². The van der Waals surface area contributed by atoms with Crippen LogP contribution in [0.3, 0.4) is 0 Å². The molecule has 2 aliphatic rings. The molecule has 8 rings (SSSR count). The van der Waals surface area contributed by atoms with Crippen molar-refractivity contribution in [1.82, 2.24) is 14.5 Å². The standard InChI is InChI=1S/C45H46N4O2.Pt/c1-25-18-27(3)39-36(21-25)44(11)45(12,43(39,9)10)51-41(48-44)34-24-38(29(5)47-28(34)4)50-32-20-26(2)19-31(23-32)49-37-16-15-30(42(6,7)8)22-35(37)33-14-13-17-46-40(33)49;/h13-22H,1-12H3;/q-2;+2/t44-,45+;/m1./s1. The van der Waals surface area contributed by atoms with Crippen molar-refractivity contribution in [2.75, 3.05) is 0 Å². The van der Waals surface area contributed by atoms with Gasteiger partial charge in [-0.1, -0.05) is 96.5 Å². The van der Waals surface area contributed by atoms with Crippen LogP contribution in [0.1, 0.15) is 98.8 Å². The zero-order valence-electron chi connectivity index (χ0n) is 32.2. The molecule has 52 heavy (non-hydrogen) atoms. The number of rotatable bonds is 4. The Morgan fingerprint density at radius 1 is 0.827 bits per heavy atom. The zero-order valence-corrected chi connectivity index (χ0v) is 34.5. The minimum atomic E-state index is -0.606. The summed E-state index contributed by atoms with van der Waals surface area (Å²) in [5, 5.41) is 2.27. The summed E-state index contributed by atoms with van der Waals surface area (Å²) in [6.07, 6.45) is 1.85. The largest absolute Gasteiger partial charge is 2.00 e. The van der Waals surface area contributed by atoms with Gasteiger partial charge >= 0.3 is 21.1 Å². The average Bonchev–Trinajstić information content (AvgIpc) is 3.57. The maximum Gasteiger partial charge on any atom is 2.00 e. The molecule has 0 fully saturated rings. The molecule has 3 aromatic carbocycles. The molecule has 0 N–H and O–H groups in total. The Morgan fingerprint density at radius 2 is 1.56 bits per heavy atom. The maximum absolute atomic E-state index is 6.98. The second-order valence-corrected chi connectivity index (χ2v) is 16.6. The van der Waals surface area contributed by atoms with Crippen molar-refractivity contribution in [3.8, 4) is 17.2 Å². The predicted octanol–water partition coefficient (Wildman–Crippen LogP) is 10.5. The first-order valence-corrected chi connectivity index (χ1v) is 17.9. The normalized spacial score (nSPS) is 20.3. The maximum atomic E-state index is 6.98. The molecule has 0 unspecified atom stereocenters. The number of hydrogen-bond donors (Lipinski definition) is 0. The van der Waals surface area contributed by atoms with E-state index in [0.29, 0.717) is 23.0 Å². The van der Waals surface area contributed by atoms with Crippen LogP contribution in [0.4, 0.5) is 0 Å². The molecular weight excluding hydrogens is 824 g/mol. The van der Waals surface area contributed by atoms with Crippen molar-refractivity contribution in [2.45, 2.75) is 105 Å². The number of ether oxygens (including phenoxy) is 2. The summed E-state index contributed by atoms with van der Waals surface area (Å²) in [6, 6.07) is 26.6. The van der Waals surface area contributed by atoms with Gasteiger partial charge in [0.15, 0.2) is 0 Å². The molecule has 3 aromatic heterocycles. The summed E-state index contributed by atoms with van der Waals surface area (Å²) in [5.74, 6) is 1.64. The van der Waals surface area contributed by atoms with Crippen LogP contribution in [0.2, 0.25) is 0 Å². The summed E-state index contributed by atoms with van der Waals surface area (Å²) in [6.45, 7) is 26.0. The van der Waals surface area contributed by atoms with Crippen molar-refractivity contribution in [3.05, 3.63) is 123 Å². The van der Waals surface area contributed by atoms with Gasteiger partial charge in [-0.15, -0.1) is 18.2 Å². The van der Waals surface area contributed by atoms with Gasteiger partial charge in [0.05, 0.1) is 11.3 Å². The number of aliphatic imine (C=N–C) groups is 1. The summed E-state index contributed by atoms with van der Waals surface area (Å²) in [5.41, 5.74) is 11.0. The van der Waals surface area contributed by atoms with E-state index >= 15 is 0 Å². The van der Waals surface area contributed by atoms with Gasteiger partial charge in [-0.2, -0.15) is 5.56 Å². The first-order chi connectivity index (χ1) is 23.9. The SMILES string of the molecule is Cc1cc(Oc2[c-]c(C3=N[C@]4(C)c5cc(C)cc(C)c5C(C)(C)[C@]4(C)O3)c(C)nc2C)[c-]c(-n2c3ccc(C(C)(C)C)cc3c3cccnc32)c1.[Pt+2]. The third kappa shape index (κ3) is 5.11. The minimum Gasteiger partial charge on any atom is -0.510 e. The van der Waals surface area contributed by atoms with E-state index in [2.05, 4.69) is 128 Å². The van der Waals surface area contributed by atoms with Crippen LogP contribution < -0.4 is 4.74 Å². The van der Waals surface area contributed by atoms with Gasteiger partial charge in [0.1, 0.15) is 22.7 Å². The summed E-state index contributed by atoms with van der Waals surface area (Å²) in [4.78, 5) is 15.1. The van der Waals surface area contributed by atoms with Crippen molar-refractivity contribution in [2.24, 2.45) is 4.99 Å². The Balaban J connectivity index is 0.00000420. The van der Waals surface area contributed by atoms with Crippen molar-refractivity contribution >= 4 is 27.8 Å². The molecule has 0 radical (unpaired) electrons. The summed E-state index contributed by atoms with van der Waals surface area (Å²) >= 11 is 0. The number of fused-ring (bicyclic) bond motifs is 6. The first-order valence-electron chi connectivity index (χ1n) is 17.9. The Hall–Kier alpha value is -4.28. The van der Waals surface area contributed by atoms with Crippen LogP contribution in [-0.4, -0.2) is 26.0 Å². The molecule has 0 saturated carbocycles. The van der Waals surface area contributed by atoms with Crippen LogP contribution in [0.5, 0.6) is 11.5 Å². The van der Waals surface area contributed by atoms with Gasteiger partial charge in [0.25, 0.3) is 0 Å². The second-order valence-electron chi connectivity index (χ2n) is 16.6. The monoisotopic (exact) mass is 869 g/mol. The molecule has 0 spiro atoms. The topological polar surface area (TPSA) is 61.5 Å². The van der Waals surface area contributed by atoms with Gasteiger partial charge in [-0.25, -0.2) is 4.98 Å². The molecular formula is C45H46N4O2Pt. The van der Waals surface area contributed by atoms with E-state index in [9.17, 15) is 0 Å². The third-order valence-electron chi connectivity index (χ3n) is 11.7. The fourth-order valence-electron chi connectivity index (χ4n) is 8.67. The van der Waals surface area contributed by atoms with Crippen molar-refractivity contribution < 1.29 is 30.5 Å². The number of hydrogen-bond acceptors (Lipinski definition) is 5. The van der Waals surface area contributed by atoms with Crippen LogP contribution in [0.15, 0.2) is 65.8 Å².